The summed E-state index contributed by atoms with van der Waals surface area (Å²) in [5, 5.41) is 20.5. The zero-order valence-corrected chi connectivity index (χ0v) is 23.4. The molecule has 3 heterocycles. The van der Waals surface area contributed by atoms with Crippen molar-refractivity contribution < 1.29 is 19.2 Å². The van der Waals surface area contributed by atoms with E-state index < -0.39 is 11.6 Å². The van der Waals surface area contributed by atoms with Crippen LogP contribution in [0.5, 0.6) is 0 Å². The molecule has 4 rings (SSSR count). The lowest BCUT2D eigenvalue weighted by atomic mass is 9.91. The van der Waals surface area contributed by atoms with Crippen molar-refractivity contribution in [3.63, 3.8) is 0 Å². The van der Waals surface area contributed by atoms with Gasteiger partial charge in [-0.3, -0.25) is 15.4 Å². The Morgan fingerprint density at radius 1 is 1.11 bits per heavy atom. The van der Waals surface area contributed by atoms with Gasteiger partial charge in [-0.25, -0.2) is 9.78 Å². The highest BCUT2D eigenvalue weighted by atomic mass is 32.1. The largest absolute Gasteiger partial charge is 0.389 e. The highest BCUT2D eigenvalue weighted by molar-refractivity contribution is 7.19. The highest BCUT2D eigenvalue weighted by Crippen LogP contribution is 2.31. The van der Waals surface area contributed by atoms with Crippen molar-refractivity contribution in [3.05, 3.63) is 36.2 Å². The van der Waals surface area contributed by atoms with Gasteiger partial charge in [0.1, 0.15) is 0 Å². The maximum Gasteiger partial charge on any atom is 0.326 e. The molecule has 0 atom stereocenters. The number of aliphatic hydroxyl groups is 1. The Bertz CT molecular complexity index is 1470. The second-order valence-corrected chi connectivity index (χ2v) is 12.2. The number of thiophene rings is 1. The van der Waals surface area contributed by atoms with Crippen molar-refractivity contribution in [2.24, 2.45) is 5.41 Å². The van der Waals surface area contributed by atoms with Crippen molar-refractivity contribution in [1.29, 1.82) is 0 Å². The molecule has 12 heteroatoms. The van der Waals surface area contributed by atoms with Crippen LogP contribution in [0, 0.1) is 12.3 Å². The Morgan fingerprint density at radius 2 is 1.84 bits per heavy atom. The summed E-state index contributed by atoms with van der Waals surface area (Å²) in [5.74, 6) is 1.18. The molecule has 11 nitrogen and oxygen atoms in total. The van der Waals surface area contributed by atoms with E-state index in [2.05, 4.69) is 25.8 Å². The molecule has 38 heavy (non-hydrogen) atoms. The fraction of sp³-hybridized carbons (Fsp3) is 0.423. The SMILES string of the molecule is Cc1noc(-c2ccc(NC(=O)Nc3nc4cc(N(C)C(=O)CC(C)(C)C)ccc4n3CC(C)(C)O)s2)n1. The summed E-state index contributed by atoms with van der Waals surface area (Å²) in [4.78, 5) is 36.8. The summed E-state index contributed by atoms with van der Waals surface area (Å²) in [5.41, 5.74) is 0.791. The summed E-state index contributed by atoms with van der Waals surface area (Å²) in [6, 6.07) is 8.51. The molecule has 0 bridgehead atoms. The minimum Gasteiger partial charge on any atom is -0.389 e. The number of benzene rings is 1. The molecule has 3 amide bonds. The van der Waals surface area contributed by atoms with Gasteiger partial charge in [-0.15, -0.1) is 11.3 Å². The fourth-order valence-electron chi connectivity index (χ4n) is 3.85. The van der Waals surface area contributed by atoms with Crippen LogP contribution in [0.1, 0.15) is 46.9 Å². The molecule has 0 saturated carbocycles. The van der Waals surface area contributed by atoms with Gasteiger partial charge in [0.15, 0.2) is 5.82 Å². The number of anilines is 3. The summed E-state index contributed by atoms with van der Waals surface area (Å²) in [6.07, 6.45) is 0.401. The van der Waals surface area contributed by atoms with Crippen LogP contribution in [0.4, 0.5) is 21.4 Å². The van der Waals surface area contributed by atoms with Gasteiger partial charge < -0.3 is 19.1 Å². The molecule has 0 unspecified atom stereocenters. The normalized spacial score (nSPS) is 12.1. The lowest BCUT2D eigenvalue weighted by molar-refractivity contribution is -0.120. The first kappa shape index (κ1) is 27.3. The van der Waals surface area contributed by atoms with Crippen LogP contribution in [0.15, 0.2) is 34.9 Å². The van der Waals surface area contributed by atoms with Gasteiger partial charge in [-0.1, -0.05) is 25.9 Å². The molecule has 1 aromatic carbocycles. The number of hydrogen-bond acceptors (Lipinski definition) is 8. The van der Waals surface area contributed by atoms with Crippen molar-refractivity contribution >= 4 is 50.9 Å². The van der Waals surface area contributed by atoms with E-state index >= 15 is 0 Å². The highest BCUT2D eigenvalue weighted by Gasteiger charge is 2.23. The van der Waals surface area contributed by atoms with Crippen LogP contribution in [0.3, 0.4) is 0 Å². The average molecular weight is 540 g/mol. The molecule has 3 aromatic heterocycles. The van der Waals surface area contributed by atoms with Crippen molar-refractivity contribution in [2.75, 3.05) is 22.6 Å². The monoisotopic (exact) mass is 539 g/mol. The maximum absolute atomic E-state index is 12.9. The quantitative estimate of drug-likeness (QED) is 0.291. The molecule has 0 aliphatic heterocycles. The molecule has 0 radical (unpaired) electrons. The number of amides is 3. The van der Waals surface area contributed by atoms with Crippen LogP contribution in [-0.4, -0.2) is 49.4 Å². The van der Waals surface area contributed by atoms with E-state index in [-0.39, 0.29) is 23.8 Å². The first-order chi connectivity index (χ1) is 17.7. The second-order valence-electron chi connectivity index (χ2n) is 11.1. The van der Waals surface area contributed by atoms with E-state index in [0.29, 0.717) is 39.9 Å². The minimum absolute atomic E-state index is 0.00323. The molecule has 202 valence electrons. The summed E-state index contributed by atoms with van der Waals surface area (Å²) in [7, 11) is 1.74. The number of urea groups is 1. The third kappa shape index (κ3) is 6.56. The number of fused-ring (bicyclic) bond motifs is 1. The van der Waals surface area contributed by atoms with Crippen LogP contribution in [0.25, 0.3) is 21.8 Å². The molecule has 0 saturated heterocycles. The average Bonchev–Trinajstić information content (AvgIpc) is 3.50. The molecule has 0 fully saturated rings. The van der Waals surface area contributed by atoms with Crippen LogP contribution >= 0.6 is 11.3 Å². The van der Waals surface area contributed by atoms with Gasteiger partial charge in [0.25, 0.3) is 5.89 Å². The number of nitrogens with zero attached hydrogens (tertiary/aromatic N) is 5. The number of carbonyl (C=O) groups excluding carboxylic acids is 2. The zero-order chi connectivity index (χ0) is 27.8. The van der Waals surface area contributed by atoms with Crippen molar-refractivity contribution in [2.45, 2.75) is 60.1 Å². The van der Waals surface area contributed by atoms with Gasteiger partial charge in [-0.2, -0.15) is 4.98 Å². The Labute approximate surface area is 224 Å². The van der Waals surface area contributed by atoms with E-state index in [1.165, 1.54) is 11.3 Å². The molecule has 0 aliphatic carbocycles. The first-order valence-electron chi connectivity index (χ1n) is 12.2. The molecule has 4 aromatic rings. The number of rotatable bonds is 7. The predicted octanol–water partition coefficient (Wildman–Crippen LogP) is 5.27. The van der Waals surface area contributed by atoms with E-state index in [1.54, 1.807) is 55.5 Å². The Hall–Kier alpha value is -3.77. The van der Waals surface area contributed by atoms with Gasteiger partial charge in [0, 0.05) is 19.2 Å². The van der Waals surface area contributed by atoms with Gasteiger partial charge in [0.05, 0.1) is 33.1 Å². The number of hydrogen-bond donors (Lipinski definition) is 3. The minimum atomic E-state index is -1.07. The summed E-state index contributed by atoms with van der Waals surface area (Å²) < 4.78 is 6.93. The van der Waals surface area contributed by atoms with Crippen LogP contribution in [-0.2, 0) is 11.3 Å². The maximum atomic E-state index is 12.9. The van der Waals surface area contributed by atoms with Gasteiger partial charge in [0.2, 0.25) is 11.9 Å². The molecular weight excluding hydrogens is 506 g/mol. The first-order valence-corrected chi connectivity index (χ1v) is 13.0. The Morgan fingerprint density at radius 3 is 2.47 bits per heavy atom. The van der Waals surface area contributed by atoms with Gasteiger partial charge >= 0.3 is 6.03 Å². The molecule has 3 N–H and O–H groups in total. The molecular formula is C26H33N7O4S. The lowest BCUT2D eigenvalue weighted by Gasteiger charge is -2.23. The van der Waals surface area contributed by atoms with E-state index in [9.17, 15) is 14.7 Å². The third-order valence-corrected chi connectivity index (χ3v) is 6.51. The summed E-state index contributed by atoms with van der Waals surface area (Å²) in [6.45, 7) is 11.4. The predicted molar refractivity (Wildman–Crippen MR) is 149 cm³/mol. The topological polar surface area (TPSA) is 138 Å². The lowest BCUT2D eigenvalue weighted by Crippen LogP contribution is -2.29. The number of aryl methyl sites for hydroxylation is 1. The fourth-order valence-corrected chi connectivity index (χ4v) is 4.67. The standard InChI is InChI=1S/C26H33N7O4S/c1-15-27-22(37-31-15)19-10-11-20(38-19)29-24(35)30-23-28-17-12-16(32(7)21(34)13-25(2,3)4)8-9-18(17)33(23)14-26(5,6)36/h8-12,36H,13-14H2,1-7H3,(H2,28,29,30,35). The Kier molecular flexibility index (Phi) is 7.31. The number of imidazole rings is 1. The van der Waals surface area contributed by atoms with E-state index in [1.807, 2.05) is 32.9 Å². The second kappa shape index (κ2) is 10.2. The number of carbonyl (C=O) groups is 2. The smallest absolute Gasteiger partial charge is 0.326 e. The molecule has 0 aliphatic rings. The van der Waals surface area contributed by atoms with Gasteiger partial charge in [-0.05, 0) is 56.5 Å². The zero-order valence-electron chi connectivity index (χ0n) is 22.6. The number of nitrogens with one attached hydrogen (secondary N) is 2. The van der Waals surface area contributed by atoms with Crippen molar-refractivity contribution in [3.8, 4) is 10.8 Å². The summed E-state index contributed by atoms with van der Waals surface area (Å²) >= 11 is 1.30. The third-order valence-electron chi connectivity index (χ3n) is 5.53. The van der Waals surface area contributed by atoms with Crippen LogP contribution in [0.2, 0.25) is 0 Å². The van der Waals surface area contributed by atoms with E-state index in [4.69, 9.17) is 4.52 Å². The van der Waals surface area contributed by atoms with Crippen LogP contribution < -0.4 is 15.5 Å². The van der Waals surface area contributed by atoms with E-state index in [0.717, 1.165) is 4.88 Å². The Balaban J connectivity index is 1.58. The molecule has 0 spiro atoms. The van der Waals surface area contributed by atoms with Crippen molar-refractivity contribution in [1.82, 2.24) is 19.7 Å². The number of aromatic nitrogens is 4.